The van der Waals surface area contributed by atoms with Crippen molar-refractivity contribution in [2.75, 3.05) is 5.32 Å². The van der Waals surface area contributed by atoms with E-state index < -0.39 is 35.7 Å². The topological polar surface area (TPSA) is 68.0 Å². The van der Waals surface area contributed by atoms with Crippen LogP contribution in [0.1, 0.15) is 22.7 Å². The van der Waals surface area contributed by atoms with Crippen molar-refractivity contribution < 1.29 is 31.3 Å². The minimum absolute atomic E-state index is 0.00493. The predicted octanol–water partition coefficient (Wildman–Crippen LogP) is 6.01. The molecule has 4 aromatic rings. The van der Waals surface area contributed by atoms with E-state index in [9.17, 15) is 26.7 Å². The number of rotatable bonds is 5. The van der Waals surface area contributed by atoms with E-state index in [0.29, 0.717) is 0 Å². The normalized spacial score (nSPS) is 11.1. The number of hydrogen-bond donors (Lipinski definition) is 1. The molecular formula is C22H12F5N3O2. The highest BCUT2D eigenvalue weighted by atomic mass is 19.3. The van der Waals surface area contributed by atoms with Gasteiger partial charge in [0, 0.05) is 16.8 Å². The molecular weight excluding hydrogens is 433 g/mol. The molecule has 10 heteroatoms. The van der Waals surface area contributed by atoms with Gasteiger partial charge in [0.15, 0.2) is 17.5 Å². The highest BCUT2D eigenvalue weighted by molar-refractivity contribution is 6.09. The lowest BCUT2D eigenvalue weighted by Gasteiger charge is -2.13. The van der Waals surface area contributed by atoms with Crippen molar-refractivity contribution in [3.8, 4) is 22.5 Å². The van der Waals surface area contributed by atoms with Crippen LogP contribution in [0.5, 0.6) is 0 Å². The monoisotopic (exact) mass is 445 g/mol. The van der Waals surface area contributed by atoms with Crippen molar-refractivity contribution in [3.63, 3.8) is 0 Å². The van der Waals surface area contributed by atoms with Gasteiger partial charge >= 0.3 is 6.43 Å². The Hall–Kier alpha value is -4.08. The SMILES string of the molecule is O=C(Nc1ccccc1-c1cc(F)c(F)c(F)c1)c1ccccc1-c1noc(C(F)F)n1. The van der Waals surface area contributed by atoms with Gasteiger partial charge in [0.2, 0.25) is 5.82 Å². The van der Waals surface area contributed by atoms with Crippen molar-refractivity contribution in [2.24, 2.45) is 0 Å². The number of alkyl halides is 2. The molecule has 0 unspecified atom stereocenters. The van der Waals surface area contributed by atoms with Crippen LogP contribution >= 0.6 is 0 Å². The third-order valence-corrected chi connectivity index (χ3v) is 4.51. The van der Waals surface area contributed by atoms with Gasteiger partial charge < -0.3 is 9.84 Å². The van der Waals surface area contributed by atoms with Crippen molar-refractivity contribution in [2.45, 2.75) is 6.43 Å². The number of aromatic nitrogens is 2. The fraction of sp³-hybridized carbons (Fsp3) is 0.0455. The van der Waals surface area contributed by atoms with E-state index in [4.69, 9.17) is 0 Å². The Morgan fingerprint density at radius 1 is 0.906 bits per heavy atom. The van der Waals surface area contributed by atoms with Gasteiger partial charge in [-0.2, -0.15) is 13.8 Å². The number of para-hydroxylation sites is 1. The number of amides is 1. The van der Waals surface area contributed by atoms with Crippen LogP contribution in [0, 0.1) is 17.5 Å². The maximum absolute atomic E-state index is 13.7. The van der Waals surface area contributed by atoms with Crippen LogP contribution in [0.15, 0.2) is 65.2 Å². The summed E-state index contributed by atoms with van der Waals surface area (Å²) in [6, 6.07) is 13.7. The first-order valence-electron chi connectivity index (χ1n) is 9.11. The van der Waals surface area contributed by atoms with E-state index in [2.05, 4.69) is 20.0 Å². The first-order valence-corrected chi connectivity index (χ1v) is 9.11. The lowest BCUT2D eigenvalue weighted by atomic mass is 10.0. The zero-order valence-electron chi connectivity index (χ0n) is 16.0. The minimum atomic E-state index is -2.97. The lowest BCUT2D eigenvalue weighted by Crippen LogP contribution is -2.14. The average Bonchev–Trinajstić information content (AvgIpc) is 3.28. The standard InChI is InChI=1S/C22H12F5N3O2/c23-15-9-11(10-16(24)18(15)25)12-5-3-4-8-17(12)28-21(31)14-7-2-1-6-13(14)20-29-22(19(26)27)32-30-20/h1-10,19H,(H,28,31). The second kappa shape index (κ2) is 8.58. The van der Waals surface area contributed by atoms with Gasteiger partial charge in [-0.05, 0) is 29.8 Å². The molecule has 1 heterocycles. The molecule has 4 rings (SSSR count). The van der Waals surface area contributed by atoms with Crippen molar-refractivity contribution in [1.29, 1.82) is 0 Å². The van der Waals surface area contributed by atoms with E-state index in [1.807, 2.05) is 0 Å². The molecule has 0 saturated heterocycles. The zero-order chi connectivity index (χ0) is 22.8. The largest absolute Gasteiger partial charge is 0.333 e. The summed E-state index contributed by atoms with van der Waals surface area (Å²) in [4.78, 5) is 16.6. The van der Waals surface area contributed by atoms with Gasteiger partial charge in [0.1, 0.15) is 0 Å². The number of benzene rings is 3. The van der Waals surface area contributed by atoms with Gasteiger partial charge in [-0.25, -0.2) is 13.2 Å². The van der Waals surface area contributed by atoms with E-state index in [-0.39, 0.29) is 33.8 Å². The molecule has 0 atom stereocenters. The van der Waals surface area contributed by atoms with Crippen LogP contribution in [-0.2, 0) is 0 Å². The van der Waals surface area contributed by atoms with E-state index in [0.717, 1.165) is 12.1 Å². The molecule has 3 aromatic carbocycles. The molecule has 162 valence electrons. The van der Waals surface area contributed by atoms with Gasteiger partial charge in [0.25, 0.3) is 11.8 Å². The molecule has 0 saturated carbocycles. The Bertz CT molecular complexity index is 1280. The fourth-order valence-electron chi connectivity index (χ4n) is 3.05. The maximum Gasteiger partial charge on any atom is 0.315 e. The predicted molar refractivity (Wildman–Crippen MR) is 104 cm³/mol. The number of anilines is 1. The number of carbonyl (C=O) groups is 1. The molecule has 0 aliphatic carbocycles. The lowest BCUT2D eigenvalue weighted by molar-refractivity contribution is 0.102. The summed E-state index contributed by atoms with van der Waals surface area (Å²) in [6.45, 7) is 0. The molecule has 0 aliphatic rings. The first-order chi connectivity index (χ1) is 15.3. The highest BCUT2D eigenvalue weighted by Gasteiger charge is 2.22. The second-order valence-corrected chi connectivity index (χ2v) is 6.56. The third kappa shape index (κ3) is 4.07. The molecule has 0 radical (unpaired) electrons. The van der Waals surface area contributed by atoms with Crippen molar-refractivity contribution in [1.82, 2.24) is 10.1 Å². The minimum Gasteiger partial charge on any atom is -0.333 e. The molecule has 0 fully saturated rings. The quantitative estimate of drug-likeness (QED) is 0.302. The Labute approximate surface area is 177 Å². The summed E-state index contributed by atoms with van der Waals surface area (Å²) in [5.74, 6) is -6.12. The number of carbonyl (C=O) groups excluding carboxylic acids is 1. The smallest absolute Gasteiger partial charge is 0.315 e. The highest BCUT2D eigenvalue weighted by Crippen LogP contribution is 2.31. The molecule has 0 bridgehead atoms. The van der Waals surface area contributed by atoms with Crippen LogP contribution in [0.3, 0.4) is 0 Å². The Morgan fingerprint density at radius 3 is 2.19 bits per heavy atom. The molecule has 1 amide bonds. The summed E-state index contributed by atoms with van der Waals surface area (Å²) >= 11 is 0. The molecule has 32 heavy (non-hydrogen) atoms. The van der Waals surface area contributed by atoms with Crippen LogP contribution in [0.25, 0.3) is 22.5 Å². The maximum atomic E-state index is 13.7. The molecule has 5 nitrogen and oxygen atoms in total. The fourth-order valence-corrected chi connectivity index (χ4v) is 3.05. The third-order valence-electron chi connectivity index (χ3n) is 4.51. The Morgan fingerprint density at radius 2 is 1.53 bits per heavy atom. The van der Waals surface area contributed by atoms with E-state index in [1.165, 1.54) is 24.3 Å². The van der Waals surface area contributed by atoms with Crippen LogP contribution < -0.4 is 5.32 Å². The van der Waals surface area contributed by atoms with Crippen LogP contribution in [0.4, 0.5) is 27.6 Å². The molecule has 0 aliphatic heterocycles. The van der Waals surface area contributed by atoms with Gasteiger partial charge in [-0.3, -0.25) is 4.79 Å². The van der Waals surface area contributed by atoms with Gasteiger partial charge in [0.05, 0.1) is 5.56 Å². The molecule has 1 N–H and O–H groups in total. The van der Waals surface area contributed by atoms with Gasteiger partial charge in [-0.1, -0.05) is 41.6 Å². The second-order valence-electron chi connectivity index (χ2n) is 6.56. The van der Waals surface area contributed by atoms with Crippen LogP contribution in [0.2, 0.25) is 0 Å². The Kier molecular flexibility index (Phi) is 5.67. The van der Waals surface area contributed by atoms with Gasteiger partial charge in [-0.15, -0.1) is 0 Å². The average molecular weight is 445 g/mol. The summed E-state index contributed by atoms with van der Waals surface area (Å²) in [5, 5.41) is 6.09. The summed E-state index contributed by atoms with van der Waals surface area (Å²) in [7, 11) is 0. The number of nitrogens with one attached hydrogen (secondary N) is 1. The number of nitrogens with zero attached hydrogens (tertiary/aromatic N) is 2. The number of hydrogen-bond acceptors (Lipinski definition) is 4. The van der Waals surface area contributed by atoms with E-state index in [1.54, 1.807) is 24.3 Å². The van der Waals surface area contributed by atoms with E-state index >= 15 is 0 Å². The summed E-state index contributed by atoms with van der Waals surface area (Å²) in [6.07, 6.45) is -2.97. The summed E-state index contributed by atoms with van der Waals surface area (Å²) < 4.78 is 70.8. The molecule has 1 aromatic heterocycles. The first kappa shape index (κ1) is 21.2. The zero-order valence-corrected chi connectivity index (χ0v) is 16.0. The van der Waals surface area contributed by atoms with Crippen LogP contribution in [-0.4, -0.2) is 16.0 Å². The number of halogens is 5. The van der Waals surface area contributed by atoms with Crippen molar-refractivity contribution >= 4 is 11.6 Å². The summed E-state index contributed by atoms with van der Waals surface area (Å²) in [5.41, 5.74) is 0.595. The Balaban J connectivity index is 1.70. The molecule has 0 spiro atoms. The van der Waals surface area contributed by atoms with Crippen molar-refractivity contribution in [3.05, 3.63) is 89.6 Å².